The Kier molecular flexibility index (Phi) is 6.28. The average Bonchev–Trinajstić information content (AvgIpc) is 2.58. The van der Waals surface area contributed by atoms with Crippen LogP contribution in [-0.4, -0.2) is 26.2 Å². The van der Waals surface area contributed by atoms with E-state index in [9.17, 15) is 4.79 Å². The van der Waals surface area contributed by atoms with Crippen LogP contribution in [0.1, 0.15) is 23.6 Å². The normalized spacial score (nSPS) is 11.6. The van der Waals surface area contributed by atoms with Crippen molar-refractivity contribution >= 4 is 11.6 Å². The molecular weight excluding hydrogens is 316 g/mol. The van der Waals surface area contributed by atoms with E-state index in [4.69, 9.17) is 9.47 Å². The van der Waals surface area contributed by atoms with Crippen molar-refractivity contribution in [3.05, 3.63) is 53.1 Å². The van der Waals surface area contributed by atoms with E-state index in [2.05, 4.69) is 16.7 Å². The molecule has 0 aliphatic rings. The van der Waals surface area contributed by atoms with Crippen molar-refractivity contribution in [3.63, 3.8) is 0 Å². The Morgan fingerprint density at radius 3 is 2.24 bits per heavy atom. The van der Waals surface area contributed by atoms with Crippen LogP contribution in [0.4, 0.5) is 5.69 Å². The summed E-state index contributed by atoms with van der Waals surface area (Å²) in [7, 11) is 3.19. The number of benzene rings is 2. The van der Waals surface area contributed by atoms with Crippen LogP contribution >= 0.6 is 0 Å². The molecule has 0 fully saturated rings. The largest absolute Gasteiger partial charge is 0.493 e. The van der Waals surface area contributed by atoms with Gasteiger partial charge in [0.2, 0.25) is 5.91 Å². The predicted octanol–water partition coefficient (Wildman–Crippen LogP) is 3.44. The van der Waals surface area contributed by atoms with E-state index < -0.39 is 0 Å². The molecule has 5 nitrogen and oxygen atoms in total. The number of hydrogen-bond donors (Lipinski definition) is 2. The molecule has 0 saturated carbocycles. The van der Waals surface area contributed by atoms with Crippen LogP contribution < -0.4 is 20.1 Å². The zero-order valence-electron chi connectivity index (χ0n) is 15.5. The van der Waals surface area contributed by atoms with Crippen molar-refractivity contribution in [1.82, 2.24) is 5.32 Å². The molecule has 0 saturated heterocycles. The van der Waals surface area contributed by atoms with Crippen LogP contribution in [0.3, 0.4) is 0 Å². The Bertz CT molecular complexity index is 723. The first-order valence-corrected chi connectivity index (χ1v) is 8.26. The van der Waals surface area contributed by atoms with Gasteiger partial charge in [0, 0.05) is 12.2 Å². The number of amides is 1. The van der Waals surface area contributed by atoms with Gasteiger partial charge in [-0.15, -0.1) is 0 Å². The molecule has 2 N–H and O–H groups in total. The van der Waals surface area contributed by atoms with E-state index in [-0.39, 0.29) is 11.9 Å². The molecule has 0 radical (unpaired) electrons. The monoisotopic (exact) mass is 342 g/mol. The Labute approximate surface area is 149 Å². The Balaban J connectivity index is 1.95. The summed E-state index contributed by atoms with van der Waals surface area (Å²) in [5.41, 5.74) is 4.23. The molecule has 2 aromatic rings. The highest BCUT2D eigenvalue weighted by Crippen LogP contribution is 2.27. The van der Waals surface area contributed by atoms with E-state index in [0.29, 0.717) is 18.0 Å². The standard InChI is InChI=1S/C20H26N2O3/c1-13-8-14(2)10-17(9-13)22-15(3)20(23)21-12-16-6-7-18(24-4)19(11-16)25-5/h6-11,15,22H,12H2,1-5H3,(H,21,23)/t15-/m0/s1. The second kappa shape index (κ2) is 8.42. The maximum Gasteiger partial charge on any atom is 0.242 e. The van der Waals surface area contributed by atoms with Crippen LogP contribution in [0, 0.1) is 13.8 Å². The quantitative estimate of drug-likeness (QED) is 0.809. The molecular formula is C20H26N2O3. The van der Waals surface area contributed by atoms with Gasteiger partial charge in [-0.3, -0.25) is 4.79 Å². The molecule has 2 aromatic carbocycles. The summed E-state index contributed by atoms with van der Waals surface area (Å²) in [5.74, 6) is 1.26. The second-order valence-corrected chi connectivity index (χ2v) is 6.15. The van der Waals surface area contributed by atoms with Gasteiger partial charge in [0.1, 0.15) is 6.04 Å². The van der Waals surface area contributed by atoms with E-state index in [1.807, 2.05) is 51.1 Å². The van der Waals surface area contributed by atoms with Crippen molar-refractivity contribution in [3.8, 4) is 11.5 Å². The van der Waals surface area contributed by atoms with Crippen molar-refractivity contribution in [2.45, 2.75) is 33.4 Å². The fourth-order valence-corrected chi connectivity index (χ4v) is 2.71. The van der Waals surface area contributed by atoms with E-state index in [0.717, 1.165) is 11.3 Å². The van der Waals surface area contributed by atoms with Crippen LogP contribution in [0.15, 0.2) is 36.4 Å². The third-order valence-electron chi connectivity index (χ3n) is 3.91. The lowest BCUT2D eigenvalue weighted by Crippen LogP contribution is -2.37. The third-order valence-corrected chi connectivity index (χ3v) is 3.91. The number of rotatable bonds is 7. The third kappa shape index (κ3) is 5.14. The van der Waals surface area contributed by atoms with E-state index >= 15 is 0 Å². The van der Waals surface area contributed by atoms with Gasteiger partial charge in [-0.1, -0.05) is 12.1 Å². The lowest BCUT2D eigenvalue weighted by atomic mass is 10.1. The number of nitrogens with one attached hydrogen (secondary N) is 2. The maximum atomic E-state index is 12.3. The van der Waals surface area contributed by atoms with Crippen molar-refractivity contribution in [2.75, 3.05) is 19.5 Å². The Hall–Kier alpha value is -2.69. The molecule has 5 heteroatoms. The highest BCUT2D eigenvalue weighted by atomic mass is 16.5. The van der Waals surface area contributed by atoms with Crippen molar-refractivity contribution < 1.29 is 14.3 Å². The number of methoxy groups -OCH3 is 2. The topological polar surface area (TPSA) is 59.6 Å². The van der Waals surface area contributed by atoms with Crippen molar-refractivity contribution in [1.29, 1.82) is 0 Å². The molecule has 0 aliphatic heterocycles. The SMILES string of the molecule is COc1ccc(CNC(=O)[C@H](C)Nc2cc(C)cc(C)c2)cc1OC. The summed E-state index contributed by atoms with van der Waals surface area (Å²) in [6.07, 6.45) is 0. The molecule has 0 unspecified atom stereocenters. The number of anilines is 1. The zero-order valence-corrected chi connectivity index (χ0v) is 15.5. The number of carbonyl (C=O) groups is 1. The lowest BCUT2D eigenvalue weighted by Gasteiger charge is -2.17. The highest BCUT2D eigenvalue weighted by Gasteiger charge is 2.13. The van der Waals surface area contributed by atoms with Gasteiger partial charge >= 0.3 is 0 Å². The molecule has 134 valence electrons. The first-order chi connectivity index (χ1) is 11.9. The smallest absolute Gasteiger partial charge is 0.242 e. The predicted molar refractivity (Wildman–Crippen MR) is 100 cm³/mol. The Morgan fingerprint density at radius 1 is 1.00 bits per heavy atom. The maximum absolute atomic E-state index is 12.3. The second-order valence-electron chi connectivity index (χ2n) is 6.15. The first kappa shape index (κ1) is 18.6. The van der Waals surface area contributed by atoms with Gasteiger partial charge in [0.05, 0.1) is 14.2 Å². The number of carbonyl (C=O) groups excluding carboxylic acids is 1. The first-order valence-electron chi connectivity index (χ1n) is 8.26. The summed E-state index contributed by atoms with van der Waals surface area (Å²) in [6.45, 7) is 6.36. The summed E-state index contributed by atoms with van der Waals surface area (Å²) in [6, 6.07) is 11.4. The minimum atomic E-state index is -0.332. The molecule has 2 rings (SSSR count). The molecule has 0 spiro atoms. The molecule has 0 bridgehead atoms. The summed E-state index contributed by atoms with van der Waals surface area (Å²) >= 11 is 0. The summed E-state index contributed by atoms with van der Waals surface area (Å²) in [4.78, 5) is 12.3. The molecule has 25 heavy (non-hydrogen) atoms. The zero-order chi connectivity index (χ0) is 18.4. The minimum absolute atomic E-state index is 0.0612. The van der Waals surface area contributed by atoms with E-state index in [1.54, 1.807) is 14.2 Å². The van der Waals surface area contributed by atoms with Crippen LogP contribution in [0.2, 0.25) is 0 Å². The van der Waals surface area contributed by atoms with Gasteiger partial charge in [0.15, 0.2) is 11.5 Å². The van der Waals surface area contributed by atoms with Gasteiger partial charge in [-0.05, 0) is 61.7 Å². The number of hydrogen-bond acceptors (Lipinski definition) is 4. The fourth-order valence-electron chi connectivity index (χ4n) is 2.71. The van der Waals surface area contributed by atoms with Crippen LogP contribution in [-0.2, 0) is 11.3 Å². The molecule has 1 atom stereocenters. The average molecular weight is 342 g/mol. The van der Waals surface area contributed by atoms with Crippen LogP contribution in [0.25, 0.3) is 0 Å². The molecule has 1 amide bonds. The number of ether oxygens (including phenoxy) is 2. The molecule has 0 heterocycles. The molecule has 0 aromatic heterocycles. The van der Waals surface area contributed by atoms with Crippen molar-refractivity contribution in [2.24, 2.45) is 0 Å². The lowest BCUT2D eigenvalue weighted by molar-refractivity contribution is -0.121. The van der Waals surface area contributed by atoms with E-state index in [1.165, 1.54) is 11.1 Å². The molecule has 0 aliphatic carbocycles. The van der Waals surface area contributed by atoms with Gasteiger partial charge < -0.3 is 20.1 Å². The van der Waals surface area contributed by atoms with Gasteiger partial charge in [0.25, 0.3) is 0 Å². The van der Waals surface area contributed by atoms with Gasteiger partial charge in [-0.2, -0.15) is 0 Å². The minimum Gasteiger partial charge on any atom is -0.493 e. The van der Waals surface area contributed by atoms with Crippen LogP contribution in [0.5, 0.6) is 11.5 Å². The highest BCUT2D eigenvalue weighted by molar-refractivity contribution is 5.84. The Morgan fingerprint density at radius 2 is 1.64 bits per heavy atom. The summed E-state index contributed by atoms with van der Waals surface area (Å²) in [5, 5.41) is 6.18. The number of aryl methyl sites for hydroxylation is 2. The summed E-state index contributed by atoms with van der Waals surface area (Å²) < 4.78 is 10.5. The van der Waals surface area contributed by atoms with Gasteiger partial charge in [-0.25, -0.2) is 0 Å². The fraction of sp³-hybridized carbons (Fsp3) is 0.350.